The van der Waals surface area contributed by atoms with Crippen molar-refractivity contribution in [1.29, 1.82) is 0 Å². The second kappa shape index (κ2) is 7.09. The predicted molar refractivity (Wildman–Crippen MR) is 58.2 cm³/mol. The van der Waals surface area contributed by atoms with Gasteiger partial charge >= 0.3 is 17.9 Å². The minimum atomic E-state index is -1.90. The van der Waals surface area contributed by atoms with E-state index in [1.165, 1.54) is 0 Å². The summed E-state index contributed by atoms with van der Waals surface area (Å²) in [6, 6.07) is -1.37. The number of ketones is 1. The number of carbonyl (C=O) groups is 5. The maximum absolute atomic E-state index is 11.1. The summed E-state index contributed by atoms with van der Waals surface area (Å²) in [5, 5.41) is 27.9. The number of carboxylic acids is 3. The summed E-state index contributed by atoms with van der Waals surface area (Å²) in [6.45, 7) is 1.08. The number of rotatable bonds is 8. The van der Waals surface area contributed by atoms with Crippen LogP contribution >= 0.6 is 0 Å². The molecule has 1 unspecified atom stereocenters. The van der Waals surface area contributed by atoms with E-state index in [0.717, 1.165) is 6.92 Å². The van der Waals surface area contributed by atoms with Crippen LogP contribution in [0.15, 0.2) is 0 Å². The van der Waals surface area contributed by atoms with Crippen LogP contribution in [0.4, 0.5) is 0 Å². The van der Waals surface area contributed by atoms with Gasteiger partial charge in [-0.25, -0.2) is 9.59 Å². The lowest BCUT2D eigenvalue weighted by Crippen LogP contribution is -2.41. The van der Waals surface area contributed by atoms with Crippen molar-refractivity contribution in [1.82, 2.24) is 5.32 Å². The van der Waals surface area contributed by atoms with Crippen LogP contribution in [0.3, 0.4) is 0 Å². The summed E-state index contributed by atoms with van der Waals surface area (Å²) in [7, 11) is 0. The first-order valence-electron chi connectivity index (χ1n) is 5.16. The van der Waals surface area contributed by atoms with Crippen molar-refractivity contribution >= 4 is 29.6 Å². The minimum absolute atomic E-state index is 0.370. The van der Waals surface area contributed by atoms with Gasteiger partial charge in [0.2, 0.25) is 5.91 Å². The van der Waals surface area contributed by atoms with Gasteiger partial charge in [0, 0.05) is 6.92 Å². The number of amides is 1. The zero-order valence-electron chi connectivity index (χ0n) is 9.95. The lowest BCUT2D eigenvalue weighted by atomic mass is 9.95. The van der Waals surface area contributed by atoms with Crippen LogP contribution in [0.25, 0.3) is 0 Å². The lowest BCUT2D eigenvalue weighted by molar-refractivity contribution is -0.157. The molecule has 9 nitrogen and oxygen atoms in total. The number of hydrogen-bond acceptors (Lipinski definition) is 5. The van der Waals surface area contributed by atoms with Crippen LogP contribution in [0.5, 0.6) is 0 Å². The van der Waals surface area contributed by atoms with Crippen molar-refractivity contribution in [2.75, 3.05) is 0 Å². The third kappa shape index (κ3) is 5.61. The topological polar surface area (TPSA) is 158 Å². The molecule has 0 radical (unpaired) electrons. The van der Waals surface area contributed by atoms with Crippen LogP contribution < -0.4 is 5.32 Å². The van der Waals surface area contributed by atoms with E-state index < -0.39 is 48.0 Å². The molecule has 0 aromatic carbocycles. The normalized spacial score (nSPS) is 13.1. The molecule has 0 aromatic rings. The molecule has 0 aliphatic heterocycles. The molecule has 19 heavy (non-hydrogen) atoms. The molecule has 1 amide bonds. The van der Waals surface area contributed by atoms with Gasteiger partial charge < -0.3 is 20.6 Å². The maximum Gasteiger partial charge on any atom is 0.373 e. The number of nitrogens with one attached hydrogen (secondary N) is 1. The van der Waals surface area contributed by atoms with Crippen LogP contribution in [0.2, 0.25) is 0 Å². The number of aliphatic carboxylic acids is 3. The molecule has 4 N–H and O–H groups in total. The zero-order valence-corrected chi connectivity index (χ0v) is 9.95. The highest BCUT2D eigenvalue weighted by molar-refractivity contribution is 6.37. The Hall–Kier alpha value is -2.45. The molecular weight excluding hydrogens is 262 g/mol. The zero-order chi connectivity index (χ0) is 15.2. The second-order valence-electron chi connectivity index (χ2n) is 3.73. The molecule has 9 heteroatoms. The van der Waals surface area contributed by atoms with Gasteiger partial charge in [-0.2, -0.15) is 0 Å². The Bertz CT molecular complexity index is 416. The molecule has 0 spiro atoms. The Morgan fingerprint density at radius 2 is 1.47 bits per heavy atom. The molecule has 106 valence electrons. The van der Waals surface area contributed by atoms with E-state index in [0.29, 0.717) is 0 Å². The summed E-state index contributed by atoms with van der Waals surface area (Å²) in [5.74, 6) is -8.96. The molecule has 0 heterocycles. The van der Waals surface area contributed by atoms with E-state index >= 15 is 0 Å². The monoisotopic (exact) mass is 275 g/mol. The number of hydrogen-bond donors (Lipinski definition) is 4. The average Bonchev–Trinajstić information content (AvgIpc) is 2.25. The predicted octanol–water partition coefficient (Wildman–Crippen LogP) is -1.29. The largest absolute Gasteiger partial charge is 0.481 e. The summed E-state index contributed by atoms with van der Waals surface area (Å²) >= 11 is 0. The molecular formula is C10H13NO8. The third-order valence-corrected chi connectivity index (χ3v) is 2.24. The Morgan fingerprint density at radius 1 is 0.947 bits per heavy atom. The fourth-order valence-corrected chi connectivity index (χ4v) is 1.35. The molecule has 0 saturated heterocycles. The summed E-state index contributed by atoms with van der Waals surface area (Å²) in [4.78, 5) is 53.7. The van der Waals surface area contributed by atoms with E-state index in [2.05, 4.69) is 5.32 Å². The smallest absolute Gasteiger partial charge is 0.373 e. The number of carbonyl (C=O) groups excluding carboxylic acids is 2. The van der Waals surface area contributed by atoms with Crippen LogP contribution in [0, 0.1) is 5.92 Å². The van der Waals surface area contributed by atoms with E-state index in [4.69, 9.17) is 15.3 Å². The maximum atomic E-state index is 11.1. The number of Topliss-reactive ketones (excluding diaryl/α,β-unsaturated/α-hetero) is 1. The van der Waals surface area contributed by atoms with E-state index in [9.17, 15) is 24.0 Å². The first-order valence-corrected chi connectivity index (χ1v) is 5.16. The van der Waals surface area contributed by atoms with Crippen molar-refractivity contribution in [3.05, 3.63) is 0 Å². The molecule has 0 fully saturated rings. The van der Waals surface area contributed by atoms with E-state index in [-0.39, 0.29) is 6.42 Å². The Kier molecular flexibility index (Phi) is 6.17. The minimum Gasteiger partial charge on any atom is -0.481 e. The van der Waals surface area contributed by atoms with Gasteiger partial charge in [-0.3, -0.25) is 14.4 Å². The molecule has 0 saturated carbocycles. The highest BCUT2D eigenvalue weighted by Gasteiger charge is 2.32. The number of carboxylic acid groups (broad SMARTS) is 3. The second-order valence-corrected chi connectivity index (χ2v) is 3.73. The fraction of sp³-hybridized carbons (Fsp3) is 0.500. The standard InChI is InChI=1S/C10H13NO8/c1-4(12)11-6(9(16)17)3-2-5(8(14)15)7(13)10(18)19/h5-6H,2-3H2,1H3,(H,11,12)(H,14,15)(H,16,17)(H,18,19)/t5?,6-/m0/s1. The fourth-order valence-electron chi connectivity index (χ4n) is 1.35. The van der Waals surface area contributed by atoms with Gasteiger partial charge in [-0.05, 0) is 12.8 Å². The van der Waals surface area contributed by atoms with E-state index in [1.807, 2.05) is 0 Å². The van der Waals surface area contributed by atoms with E-state index in [1.54, 1.807) is 0 Å². The van der Waals surface area contributed by atoms with Gasteiger partial charge in [0.1, 0.15) is 12.0 Å². The van der Waals surface area contributed by atoms with Crippen molar-refractivity contribution in [3.8, 4) is 0 Å². The Balaban J connectivity index is 4.73. The quantitative estimate of drug-likeness (QED) is 0.314. The van der Waals surface area contributed by atoms with Gasteiger partial charge in [0.15, 0.2) is 0 Å². The first kappa shape index (κ1) is 16.6. The Morgan fingerprint density at radius 3 is 1.79 bits per heavy atom. The van der Waals surface area contributed by atoms with Gasteiger partial charge in [0.25, 0.3) is 5.78 Å². The summed E-state index contributed by atoms with van der Waals surface area (Å²) < 4.78 is 0. The van der Waals surface area contributed by atoms with Crippen molar-refractivity contribution in [3.63, 3.8) is 0 Å². The molecule has 0 aromatic heterocycles. The van der Waals surface area contributed by atoms with Crippen molar-refractivity contribution < 1.29 is 39.3 Å². The SMILES string of the molecule is CC(=O)N[C@@H](CCC(C(=O)O)C(=O)C(=O)O)C(=O)O. The molecule has 0 rings (SSSR count). The lowest BCUT2D eigenvalue weighted by Gasteiger charge is -2.15. The molecule has 0 bridgehead atoms. The van der Waals surface area contributed by atoms with Crippen LogP contribution in [-0.2, 0) is 24.0 Å². The Labute approximate surface area is 107 Å². The van der Waals surface area contributed by atoms with Crippen molar-refractivity contribution in [2.24, 2.45) is 5.92 Å². The summed E-state index contributed by atoms with van der Waals surface area (Å²) in [6.07, 6.45) is -0.872. The molecule has 2 atom stereocenters. The molecule has 0 aliphatic rings. The average molecular weight is 275 g/mol. The van der Waals surface area contributed by atoms with Gasteiger partial charge in [0.05, 0.1) is 0 Å². The summed E-state index contributed by atoms with van der Waals surface area (Å²) in [5.41, 5.74) is 0. The highest BCUT2D eigenvalue weighted by atomic mass is 16.4. The van der Waals surface area contributed by atoms with Crippen LogP contribution in [-0.4, -0.2) is 51.0 Å². The third-order valence-electron chi connectivity index (χ3n) is 2.24. The highest BCUT2D eigenvalue weighted by Crippen LogP contribution is 2.11. The molecule has 0 aliphatic carbocycles. The van der Waals surface area contributed by atoms with Gasteiger partial charge in [-0.1, -0.05) is 0 Å². The van der Waals surface area contributed by atoms with Crippen molar-refractivity contribution in [2.45, 2.75) is 25.8 Å². The van der Waals surface area contributed by atoms with Gasteiger partial charge in [-0.15, -0.1) is 0 Å². The first-order chi connectivity index (χ1) is 8.66. The van der Waals surface area contributed by atoms with Crippen LogP contribution in [0.1, 0.15) is 19.8 Å².